The Kier molecular flexibility index (Phi) is 2.45. The molecule has 66 valence electrons. The van der Waals surface area contributed by atoms with Crippen LogP contribution in [0.3, 0.4) is 0 Å². The first kappa shape index (κ1) is 9.27. The molecule has 0 saturated carbocycles. The predicted octanol–water partition coefficient (Wildman–Crippen LogP) is 2.35. The third kappa shape index (κ3) is 2.06. The Balaban J connectivity index is 2.59. The van der Waals surface area contributed by atoms with Gasteiger partial charge in [-0.25, -0.2) is 0 Å². The van der Waals surface area contributed by atoms with E-state index in [0.29, 0.717) is 0 Å². The standard InChI is InChI=1S/C9H21NSi/c1-8(2)10-7-11(4,5)6-9(10)3/h8-9H,6-7H2,1-5H3. The van der Waals surface area contributed by atoms with E-state index in [2.05, 4.69) is 38.8 Å². The molecule has 0 radical (unpaired) electrons. The summed E-state index contributed by atoms with van der Waals surface area (Å²) in [5.74, 6) is 0. The normalized spacial score (nSPS) is 31.6. The summed E-state index contributed by atoms with van der Waals surface area (Å²) >= 11 is 0. The van der Waals surface area contributed by atoms with E-state index in [-0.39, 0.29) is 0 Å². The molecule has 1 nitrogen and oxygen atoms in total. The van der Waals surface area contributed by atoms with Crippen LogP contribution in [0.15, 0.2) is 0 Å². The topological polar surface area (TPSA) is 3.24 Å². The molecule has 0 aliphatic carbocycles. The summed E-state index contributed by atoms with van der Waals surface area (Å²) in [5.41, 5.74) is 0. The molecule has 0 aromatic heterocycles. The van der Waals surface area contributed by atoms with Crippen molar-refractivity contribution >= 4 is 8.07 Å². The van der Waals surface area contributed by atoms with Crippen LogP contribution in [-0.4, -0.2) is 31.2 Å². The zero-order valence-electron chi connectivity index (χ0n) is 8.52. The molecule has 1 rings (SSSR count). The fourth-order valence-corrected chi connectivity index (χ4v) is 5.95. The smallest absolute Gasteiger partial charge is 0.0645 e. The van der Waals surface area contributed by atoms with Crippen molar-refractivity contribution in [3.63, 3.8) is 0 Å². The van der Waals surface area contributed by atoms with Gasteiger partial charge in [-0.05, 0) is 33.0 Å². The van der Waals surface area contributed by atoms with Crippen molar-refractivity contribution in [3.05, 3.63) is 0 Å². The third-order valence-electron chi connectivity index (χ3n) is 2.69. The van der Waals surface area contributed by atoms with Crippen LogP contribution in [0.4, 0.5) is 0 Å². The highest BCUT2D eigenvalue weighted by atomic mass is 28.3. The lowest BCUT2D eigenvalue weighted by Gasteiger charge is -2.26. The molecule has 1 unspecified atom stereocenters. The lowest BCUT2D eigenvalue weighted by Crippen LogP contribution is -2.37. The van der Waals surface area contributed by atoms with Gasteiger partial charge in [0, 0.05) is 12.1 Å². The van der Waals surface area contributed by atoms with Gasteiger partial charge in [0.05, 0.1) is 8.07 Å². The molecule has 2 heteroatoms. The molecule has 1 fully saturated rings. The molecule has 0 aromatic carbocycles. The van der Waals surface area contributed by atoms with Crippen molar-refractivity contribution in [3.8, 4) is 0 Å². The first-order chi connectivity index (χ1) is 4.92. The molecule has 1 saturated heterocycles. The van der Waals surface area contributed by atoms with Gasteiger partial charge in [-0.3, -0.25) is 0 Å². The maximum Gasteiger partial charge on any atom is 0.0645 e. The Morgan fingerprint density at radius 2 is 1.91 bits per heavy atom. The molecule has 1 atom stereocenters. The van der Waals surface area contributed by atoms with E-state index in [0.717, 1.165) is 12.1 Å². The molecular formula is C9H21NSi. The zero-order valence-corrected chi connectivity index (χ0v) is 9.52. The van der Waals surface area contributed by atoms with Crippen molar-refractivity contribution in [2.24, 2.45) is 0 Å². The van der Waals surface area contributed by atoms with Gasteiger partial charge in [-0.15, -0.1) is 0 Å². The van der Waals surface area contributed by atoms with Gasteiger partial charge in [-0.1, -0.05) is 13.1 Å². The maximum atomic E-state index is 2.66. The Bertz CT molecular complexity index is 142. The average molecular weight is 171 g/mol. The van der Waals surface area contributed by atoms with E-state index in [1.807, 2.05) is 0 Å². The van der Waals surface area contributed by atoms with E-state index in [4.69, 9.17) is 0 Å². The van der Waals surface area contributed by atoms with Crippen LogP contribution in [0.2, 0.25) is 19.1 Å². The number of rotatable bonds is 1. The zero-order chi connectivity index (χ0) is 8.65. The molecule has 0 bridgehead atoms. The van der Waals surface area contributed by atoms with Gasteiger partial charge in [0.2, 0.25) is 0 Å². The Labute approximate surface area is 71.8 Å². The van der Waals surface area contributed by atoms with E-state index in [9.17, 15) is 0 Å². The highest BCUT2D eigenvalue weighted by molar-refractivity contribution is 6.78. The van der Waals surface area contributed by atoms with Gasteiger partial charge in [0.1, 0.15) is 0 Å². The lowest BCUT2D eigenvalue weighted by molar-refractivity contribution is 0.224. The number of hydrogen-bond acceptors (Lipinski definition) is 1. The molecule has 0 aromatic rings. The van der Waals surface area contributed by atoms with Gasteiger partial charge in [0.15, 0.2) is 0 Å². The first-order valence-corrected chi connectivity index (χ1v) is 8.09. The summed E-state index contributed by atoms with van der Waals surface area (Å²) < 4.78 is 0. The van der Waals surface area contributed by atoms with Gasteiger partial charge in [-0.2, -0.15) is 0 Å². The summed E-state index contributed by atoms with van der Waals surface area (Å²) in [6.07, 6.45) is 1.41. The summed E-state index contributed by atoms with van der Waals surface area (Å²) in [6, 6.07) is 3.08. The quantitative estimate of drug-likeness (QED) is 0.547. The minimum Gasteiger partial charge on any atom is -0.301 e. The predicted molar refractivity (Wildman–Crippen MR) is 53.6 cm³/mol. The summed E-state index contributed by atoms with van der Waals surface area (Å²) in [6.45, 7) is 12.0. The summed E-state index contributed by atoms with van der Waals surface area (Å²) in [7, 11) is -0.803. The molecule has 0 N–H and O–H groups in total. The monoisotopic (exact) mass is 171 g/mol. The highest BCUT2D eigenvalue weighted by Crippen LogP contribution is 2.27. The van der Waals surface area contributed by atoms with Crippen molar-refractivity contribution in [2.45, 2.75) is 52.0 Å². The first-order valence-electron chi connectivity index (χ1n) is 4.68. The van der Waals surface area contributed by atoms with Gasteiger partial charge in [0.25, 0.3) is 0 Å². The third-order valence-corrected chi connectivity index (χ3v) is 5.61. The highest BCUT2D eigenvalue weighted by Gasteiger charge is 2.37. The van der Waals surface area contributed by atoms with Crippen LogP contribution >= 0.6 is 0 Å². The largest absolute Gasteiger partial charge is 0.301 e. The minimum atomic E-state index is -0.803. The van der Waals surface area contributed by atoms with Gasteiger partial charge >= 0.3 is 0 Å². The van der Waals surface area contributed by atoms with E-state index >= 15 is 0 Å². The lowest BCUT2D eigenvalue weighted by atomic mass is 10.2. The van der Waals surface area contributed by atoms with Crippen LogP contribution in [0.5, 0.6) is 0 Å². The second-order valence-electron chi connectivity index (χ2n) is 4.98. The van der Waals surface area contributed by atoms with E-state index in [1.54, 1.807) is 0 Å². The van der Waals surface area contributed by atoms with E-state index < -0.39 is 8.07 Å². The van der Waals surface area contributed by atoms with Crippen molar-refractivity contribution < 1.29 is 0 Å². The van der Waals surface area contributed by atoms with Crippen LogP contribution in [-0.2, 0) is 0 Å². The minimum absolute atomic E-state index is 0.749. The molecule has 0 amide bonds. The number of hydrogen-bond donors (Lipinski definition) is 0. The SMILES string of the molecule is CC(C)N1C[Si](C)(C)CC1C. The molecule has 1 heterocycles. The van der Waals surface area contributed by atoms with Crippen LogP contribution in [0.25, 0.3) is 0 Å². The molecule has 1 aliphatic heterocycles. The second-order valence-corrected chi connectivity index (χ2v) is 10.0. The Hall–Kier alpha value is 0.177. The molecule has 11 heavy (non-hydrogen) atoms. The number of nitrogens with zero attached hydrogens (tertiary/aromatic N) is 1. The van der Waals surface area contributed by atoms with Crippen molar-refractivity contribution in [1.29, 1.82) is 0 Å². The fourth-order valence-electron chi connectivity index (χ4n) is 2.32. The van der Waals surface area contributed by atoms with Crippen LogP contribution < -0.4 is 0 Å². The molecular weight excluding hydrogens is 150 g/mol. The summed E-state index contributed by atoms with van der Waals surface area (Å²) in [5, 5.41) is 0. The van der Waals surface area contributed by atoms with Crippen molar-refractivity contribution in [1.82, 2.24) is 4.90 Å². The average Bonchev–Trinajstić information content (AvgIpc) is 2.05. The van der Waals surface area contributed by atoms with Crippen LogP contribution in [0.1, 0.15) is 20.8 Å². The Morgan fingerprint density at radius 1 is 1.36 bits per heavy atom. The summed E-state index contributed by atoms with van der Waals surface area (Å²) in [4.78, 5) is 2.66. The van der Waals surface area contributed by atoms with Crippen molar-refractivity contribution in [2.75, 3.05) is 6.17 Å². The Morgan fingerprint density at radius 3 is 2.09 bits per heavy atom. The fraction of sp³-hybridized carbons (Fsp3) is 1.00. The van der Waals surface area contributed by atoms with Crippen LogP contribution in [0, 0.1) is 0 Å². The molecule has 1 aliphatic rings. The second kappa shape index (κ2) is 2.90. The van der Waals surface area contributed by atoms with E-state index in [1.165, 1.54) is 12.2 Å². The van der Waals surface area contributed by atoms with Gasteiger partial charge < -0.3 is 4.90 Å². The maximum absolute atomic E-state index is 2.66. The molecule has 0 spiro atoms.